The molecule has 54 heavy (non-hydrogen) atoms. The molecule has 13 nitrogen and oxygen atoms in total. The Morgan fingerprint density at radius 3 is 2.28 bits per heavy atom. The zero-order chi connectivity index (χ0) is 39.5. The standard InChI is InChI=1S/C21H29N7O.C19H29N3O2S/c1-21(2,3)17-11-15-13-28(20(29)27-18(15)26-17)16-7-5-14(6-8-16)12-24-9-4-10-25-19(22)23;1-19(2,3)16-6-8-18(9-7-16)25(23,24)22(15-5-4-12-20)17-10-13-21-14-11-17/h5-8,11,13,24H,4,9-10,12H2,1-3H3,(H4,22,23,25)(H,26,27,29);6-9,17,21H,4-5,10-11,13-15H2,1-3H3. The second-order valence-corrected chi connectivity index (χ2v) is 17.7. The van der Waals surface area contributed by atoms with Crippen molar-refractivity contribution in [2.24, 2.45) is 16.5 Å². The van der Waals surface area contributed by atoms with Crippen molar-refractivity contribution < 1.29 is 8.42 Å². The highest BCUT2D eigenvalue weighted by Crippen LogP contribution is 2.28. The van der Waals surface area contributed by atoms with Crippen molar-refractivity contribution in [1.29, 1.82) is 5.26 Å². The summed E-state index contributed by atoms with van der Waals surface area (Å²) in [5.74, 6) is 0.123. The molecule has 1 aliphatic rings. The monoisotopic (exact) mass is 758 g/mol. The molecule has 0 amide bonds. The van der Waals surface area contributed by atoms with Crippen LogP contribution in [0.25, 0.3) is 16.7 Å². The third-order valence-corrected chi connectivity index (χ3v) is 11.3. The Kier molecular flexibility index (Phi) is 14.6. The number of fused-ring (bicyclic) bond motifs is 1. The highest BCUT2D eigenvalue weighted by Gasteiger charge is 2.32. The van der Waals surface area contributed by atoms with E-state index in [4.69, 9.17) is 16.7 Å². The molecular weight excluding hydrogens is 701 g/mol. The topological polar surface area (TPSA) is 200 Å². The van der Waals surface area contributed by atoms with Crippen LogP contribution in [-0.4, -0.2) is 72.0 Å². The Morgan fingerprint density at radius 1 is 1.02 bits per heavy atom. The first-order chi connectivity index (χ1) is 25.5. The minimum atomic E-state index is -3.55. The van der Waals surface area contributed by atoms with Crippen molar-refractivity contribution in [3.05, 3.63) is 88.1 Å². The molecule has 2 aromatic heterocycles. The van der Waals surface area contributed by atoms with E-state index in [1.54, 1.807) is 21.0 Å². The van der Waals surface area contributed by atoms with Crippen molar-refractivity contribution in [1.82, 2.24) is 29.5 Å². The third-order valence-electron chi connectivity index (χ3n) is 9.38. The van der Waals surface area contributed by atoms with Gasteiger partial charge in [-0.3, -0.25) is 9.56 Å². The average molecular weight is 759 g/mol. The molecule has 0 unspecified atom stereocenters. The highest BCUT2D eigenvalue weighted by molar-refractivity contribution is 7.89. The summed E-state index contributed by atoms with van der Waals surface area (Å²) in [7, 11) is -3.55. The number of nitrogens with one attached hydrogen (secondary N) is 3. The summed E-state index contributed by atoms with van der Waals surface area (Å²) < 4.78 is 29.6. The van der Waals surface area contributed by atoms with Crippen molar-refractivity contribution in [2.75, 3.05) is 32.7 Å². The number of aromatic amines is 1. The molecule has 0 radical (unpaired) electrons. The molecule has 1 saturated heterocycles. The summed E-state index contributed by atoms with van der Waals surface area (Å²) in [6.07, 6.45) is 5.27. The first-order valence-electron chi connectivity index (χ1n) is 18.7. The first kappa shape index (κ1) is 42.2. The zero-order valence-electron chi connectivity index (χ0n) is 32.7. The summed E-state index contributed by atoms with van der Waals surface area (Å²) in [4.78, 5) is 24.2. The van der Waals surface area contributed by atoms with Crippen molar-refractivity contribution >= 4 is 27.0 Å². The van der Waals surface area contributed by atoms with Gasteiger partial charge in [0.05, 0.1) is 16.7 Å². The number of hydrogen-bond acceptors (Lipinski definition) is 8. The van der Waals surface area contributed by atoms with Crippen LogP contribution in [-0.2, 0) is 27.4 Å². The van der Waals surface area contributed by atoms with Gasteiger partial charge in [0.25, 0.3) is 0 Å². The molecule has 0 spiro atoms. The van der Waals surface area contributed by atoms with E-state index >= 15 is 0 Å². The van der Waals surface area contributed by atoms with Gasteiger partial charge in [-0.15, -0.1) is 0 Å². The second-order valence-electron chi connectivity index (χ2n) is 15.8. The SMILES string of the molecule is CC(C)(C)c1cc2cn(-c3ccc(CNCCCN=C(N)N)cc3)c(=O)nc2[nH]1.CC(C)(C)c1ccc(S(=O)(=O)N(CCCC#N)C2CCNCC2)cc1. The van der Waals surface area contributed by atoms with Crippen LogP contribution in [0.3, 0.4) is 0 Å². The normalized spacial score (nSPS) is 14.0. The van der Waals surface area contributed by atoms with E-state index in [0.29, 0.717) is 36.5 Å². The van der Waals surface area contributed by atoms with E-state index in [1.807, 2.05) is 42.6 Å². The fourth-order valence-corrected chi connectivity index (χ4v) is 7.90. The Morgan fingerprint density at radius 2 is 1.69 bits per heavy atom. The summed E-state index contributed by atoms with van der Waals surface area (Å²) in [6.45, 7) is 16.9. The van der Waals surface area contributed by atoms with Gasteiger partial charge in [0.1, 0.15) is 5.65 Å². The van der Waals surface area contributed by atoms with E-state index in [2.05, 4.69) is 79.3 Å². The van der Waals surface area contributed by atoms with Gasteiger partial charge in [-0.05, 0) is 92.2 Å². The summed E-state index contributed by atoms with van der Waals surface area (Å²) in [5, 5.41) is 16.3. The molecule has 0 aliphatic carbocycles. The van der Waals surface area contributed by atoms with Crippen LogP contribution in [0.1, 0.15) is 90.5 Å². The first-order valence-corrected chi connectivity index (χ1v) is 20.1. The molecule has 292 valence electrons. The lowest BCUT2D eigenvalue weighted by atomic mass is 9.87. The number of hydrogen-bond donors (Lipinski definition) is 5. The summed E-state index contributed by atoms with van der Waals surface area (Å²) in [5.41, 5.74) is 15.0. The average Bonchev–Trinajstić information content (AvgIpc) is 3.55. The van der Waals surface area contributed by atoms with Crippen LogP contribution >= 0.6 is 0 Å². The van der Waals surface area contributed by atoms with Gasteiger partial charge in [-0.25, -0.2) is 13.2 Å². The number of piperidine rings is 1. The van der Waals surface area contributed by atoms with Crippen LogP contribution in [0.4, 0.5) is 0 Å². The predicted molar refractivity (Wildman–Crippen MR) is 217 cm³/mol. The molecule has 1 aliphatic heterocycles. The molecular formula is C40H58N10O3S. The minimum absolute atomic E-state index is 0.00670. The molecule has 0 saturated carbocycles. The number of sulfonamides is 1. The smallest absolute Gasteiger partial charge is 0.354 e. The van der Waals surface area contributed by atoms with Gasteiger partial charge in [0, 0.05) is 54.8 Å². The molecule has 14 heteroatoms. The zero-order valence-corrected chi connectivity index (χ0v) is 33.5. The number of guanidine groups is 1. The van der Waals surface area contributed by atoms with Gasteiger partial charge < -0.3 is 27.1 Å². The fraction of sp³-hybridized carbons (Fsp3) is 0.500. The van der Waals surface area contributed by atoms with Crippen LogP contribution in [0.15, 0.2) is 75.5 Å². The number of nitriles is 1. The number of H-pyrrole nitrogens is 1. The van der Waals surface area contributed by atoms with Gasteiger partial charge >= 0.3 is 5.69 Å². The molecule has 4 aromatic rings. The van der Waals surface area contributed by atoms with E-state index < -0.39 is 10.0 Å². The Bertz CT molecular complexity index is 2040. The molecule has 5 rings (SSSR count). The molecule has 3 heterocycles. The number of benzene rings is 2. The van der Waals surface area contributed by atoms with Crippen LogP contribution in [0, 0.1) is 11.3 Å². The lowest BCUT2D eigenvalue weighted by Crippen LogP contribution is -2.46. The lowest BCUT2D eigenvalue weighted by molar-refractivity contribution is 0.260. The maximum Gasteiger partial charge on any atom is 0.354 e. The fourth-order valence-electron chi connectivity index (χ4n) is 6.17. The largest absolute Gasteiger partial charge is 0.370 e. The molecule has 1 fully saturated rings. The predicted octanol–water partition coefficient (Wildman–Crippen LogP) is 4.79. The summed E-state index contributed by atoms with van der Waals surface area (Å²) in [6, 6.07) is 19.3. The van der Waals surface area contributed by atoms with Crippen molar-refractivity contribution in [3.8, 4) is 11.8 Å². The highest BCUT2D eigenvalue weighted by atomic mass is 32.2. The van der Waals surface area contributed by atoms with Crippen LogP contribution < -0.4 is 27.8 Å². The van der Waals surface area contributed by atoms with Crippen LogP contribution in [0.5, 0.6) is 0 Å². The number of nitrogens with two attached hydrogens (primary N) is 2. The third kappa shape index (κ3) is 11.7. The minimum Gasteiger partial charge on any atom is -0.370 e. The Labute approximate surface area is 320 Å². The van der Waals surface area contributed by atoms with Gasteiger partial charge in [-0.1, -0.05) is 65.8 Å². The molecule has 2 aromatic carbocycles. The van der Waals surface area contributed by atoms with Gasteiger partial charge in [0.2, 0.25) is 10.0 Å². The number of aliphatic imine (C=N–C) groups is 1. The number of aromatic nitrogens is 3. The summed E-state index contributed by atoms with van der Waals surface area (Å²) >= 11 is 0. The maximum atomic E-state index is 13.2. The Hall–Kier alpha value is -4.55. The van der Waals surface area contributed by atoms with E-state index in [-0.39, 0.29) is 28.5 Å². The number of rotatable bonds is 13. The van der Waals surface area contributed by atoms with Gasteiger partial charge in [-0.2, -0.15) is 14.6 Å². The number of unbranched alkanes of at least 4 members (excludes halogenated alkanes) is 1. The van der Waals surface area contributed by atoms with Gasteiger partial charge in [0.15, 0.2) is 5.96 Å². The molecule has 7 N–H and O–H groups in total. The number of nitrogens with zero attached hydrogens (tertiary/aromatic N) is 5. The molecule has 0 atom stereocenters. The van der Waals surface area contributed by atoms with E-state index in [9.17, 15) is 13.2 Å². The van der Waals surface area contributed by atoms with E-state index in [0.717, 1.165) is 73.3 Å². The molecule has 0 bridgehead atoms. The van der Waals surface area contributed by atoms with Crippen LogP contribution in [0.2, 0.25) is 0 Å². The second kappa shape index (κ2) is 18.7. The lowest BCUT2D eigenvalue weighted by Gasteiger charge is -2.33. The maximum absolute atomic E-state index is 13.2. The Balaban J connectivity index is 0.000000244. The van der Waals surface area contributed by atoms with Crippen molar-refractivity contribution in [2.45, 2.75) is 102 Å². The van der Waals surface area contributed by atoms with E-state index in [1.165, 1.54) is 0 Å². The van der Waals surface area contributed by atoms with Crippen molar-refractivity contribution in [3.63, 3.8) is 0 Å². The quantitative estimate of drug-likeness (QED) is 0.0722.